The molecule has 0 aliphatic carbocycles. The molecule has 0 atom stereocenters. The minimum absolute atomic E-state index is 0.864. The van der Waals surface area contributed by atoms with Gasteiger partial charge in [0, 0.05) is 15.4 Å². The minimum Gasteiger partial charge on any atom is -0.462 e. The normalized spacial score (nSPS) is 10.8. The van der Waals surface area contributed by atoms with E-state index in [1.54, 1.807) is 17.6 Å². The fraction of sp³-hybridized carbons (Fsp3) is 0.0714. The first-order valence-electron chi connectivity index (χ1n) is 5.50. The monoisotopic (exact) mass is 319 g/mol. The molecule has 0 bridgehead atoms. The van der Waals surface area contributed by atoms with Crippen LogP contribution in [0.5, 0.6) is 0 Å². The highest BCUT2D eigenvalue weighted by Crippen LogP contribution is 2.31. The standard InChI is InChI=1S/C14H10BrNOS/c1-9-6-7-17-13(9)14-16-12(8-18-14)10-2-4-11(15)5-3-10/h2-8H,1H3. The summed E-state index contributed by atoms with van der Waals surface area (Å²) < 4.78 is 6.53. The van der Waals surface area contributed by atoms with E-state index in [0.717, 1.165) is 32.1 Å². The highest BCUT2D eigenvalue weighted by Gasteiger charge is 2.11. The molecule has 0 unspecified atom stereocenters. The summed E-state index contributed by atoms with van der Waals surface area (Å²) in [5.74, 6) is 0.864. The predicted octanol–water partition coefficient (Wildman–Crippen LogP) is 5.14. The molecule has 2 aromatic heterocycles. The van der Waals surface area contributed by atoms with Gasteiger partial charge >= 0.3 is 0 Å². The van der Waals surface area contributed by atoms with E-state index in [1.807, 2.05) is 25.1 Å². The van der Waals surface area contributed by atoms with Gasteiger partial charge in [0.05, 0.1) is 12.0 Å². The SMILES string of the molecule is Cc1ccoc1-c1nc(-c2ccc(Br)cc2)cs1. The van der Waals surface area contributed by atoms with Gasteiger partial charge in [-0.15, -0.1) is 11.3 Å². The fourth-order valence-electron chi connectivity index (χ4n) is 1.72. The van der Waals surface area contributed by atoms with E-state index in [2.05, 4.69) is 38.4 Å². The van der Waals surface area contributed by atoms with E-state index in [1.165, 1.54) is 0 Å². The maximum absolute atomic E-state index is 5.46. The molecule has 0 spiro atoms. The second-order valence-electron chi connectivity index (χ2n) is 3.98. The molecule has 18 heavy (non-hydrogen) atoms. The van der Waals surface area contributed by atoms with Crippen molar-refractivity contribution in [2.45, 2.75) is 6.92 Å². The third-order valence-electron chi connectivity index (χ3n) is 2.70. The first-order valence-corrected chi connectivity index (χ1v) is 7.17. The average Bonchev–Trinajstić information content (AvgIpc) is 2.98. The summed E-state index contributed by atoms with van der Waals surface area (Å²) in [5, 5.41) is 2.98. The molecule has 3 aromatic rings. The summed E-state index contributed by atoms with van der Waals surface area (Å²) in [5.41, 5.74) is 3.22. The molecule has 0 aliphatic heterocycles. The van der Waals surface area contributed by atoms with Crippen molar-refractivity contribution in [3.05, 3.63) is 52.0 Å². The summed E-state index contributed by atoms with van der Waals surface area (Å²) in [7, 11) is 0. The number of furan rings is 1. The minimum atomic E-state index is 0.864. The van der Waals surface area contributed by atoms with Crippen LogP contribution in [0.15, 0.2) is 50.9 Å². The predicted molar refractivity (Wildman–Crippen MR) is 77.7 cm³/mol. The van der Waals surface area contributed by atoms with E-state index in [4.69, 9.17) is 4.42 Å². The zero-order valence-corrected chi connectivity index (χ0v) is 12.1. The van der Waals surface area contributed by atoms with Gasteiger partial charge in [-0.25, -0.2) is 4.98 Å². The highest BCUT2D eigenvalue weighted by atomic mass is 79.9. The second kappa shape index (κ2) is 4.71. The Morgan fingerprint density at radius 3 is 2.61 bits per heavy atom. The van der Waals surface area contributed by atoms with E-state index >= 15 is 0 Å². The van der Waals surface area contributed by atoms with Crippen LogP contribution in [0.2, 0.25) is 0 Å². The van der Waals surface area contributed by atoms with Crippen LogP contribution >= 0.6 is 27.3 Å². The van der Waals surface area contributed by atoms with Crippen molar-refractivity contribution in [3.8, 4) is 22.0 Å². The van der Waals surface area contributed by atoms with Gasteiger partial charge in [-0.1, -0.05) is 28.1 Å². The first-order chi connectivity index (χ1) is 8.74. The van der Waals surface area contributed by atoms with Gasteiger partial charge in [0.25, 0.3) is 0 Å². The quantitative estimate of drug-likeness (QED) is 0.653. The van der Waals surface area contributed by atoms with Crippen molar-refractivity contribution in [1.29, 1.82) is 0 Å². The van der Waals surface area contributed by atoms with Crippen LogP contribution < -0.4 is 0 Å². The van der Waals surface area contributed by atoms with Crippen molar-refractivity contribution in [3.63, 3.8) is 0 Å². The Morgan fingerprint density at radius 1 is 1.17 bits per heavy atom. The summed E-state index contributed by atoms with van der Waals surface area (Å²) in [6.45, 7) is 2.03. The summed E-state index contributed by atoms with van der Waals surface area (Å²) in [6, 6.07) is 10.1. The zero-order valence-electron chi connectivity index (χ0n) is 9.68. The topological polar surface area (TPSA) is 26.0 Å². The van der Waals surface area contributed by atoms with Crippen molar-refractivity contribution in [1.82, 2.24) is 4.98 Å². The van der Waals surface area contributed by atoms with Crippen LogP contribution in [0.3, 0.4) is 0 Å². The molecule has 2 heterocycles. The number of benzene rings is 1. The Bertz CT molecular complexity index is 669. The molecule has 0 N–H and O–H groups in total. The molecule has 4 heteroatoms. The van der Waals surface area contributed by atoms with Crippen LogP contribution in [0, 0.1) is 6.92 Å². The Balaban J connectivity index is 1.99. The molecule has 0 saturated heterocycles. The van der Waals surface area contributed by atoms with Crippen LogP contribution in [0.4, 0.5) is 0 Å². The van der Waals surface area contributed by atoms with Crippen molar-refractivity contribution in [2.24, 2.45) is 0 Å². The highest BCUT2D eigenvalue weighted by molar-refractivity contribution is 9.10. The maximum Gasteiger partial charge on any atom is 0.165 e. The van der Waals surface area contributed by atoms with E-state index in [0.29, 0.717) is 0 Å². The van der Waals surface area contributed by atoms with E-state index < -0.39 is 0 Å². The lowest BCUT2D eigenvalue weighted by Gasteiger charge is -1.96. The lowest BCUT2D eigenvalue weighted by Crippen LogP contribution is -1.79. The van der Waals surface area contributed by atoms with Crippen LogP contribution in [0.1, 0.15) is 5.56 Å². The molecular formula is C14H10BrNOS. The Morgan fingerprint density at radius 2 is 1.94 bits per heavy atom. The third kappa shape index (κ3) is 2.13. The van der Waals surface area contributed by atoms with Crippen LogP contribution in [-0.2, 0) is 0 Å². The Hall–Kier alpha value is -1.39. The maximum atomic E-state index is 5.46. The van der Waals surface area contributed by atoms with Crippen LogP contribution in [-0.4, -0.2) is 4.98 Å². The van der Waals surface area contributed by atoms with Gasteiger partial charge in [0.1, 0.15) is 0 Å². The summed E-state index contributed by atoms with van der Waals surface area (Å²) in [6.07, 6.45) is 1.70. The molecule has 0 saturated carbocycles. The Labute approximate surface area is 117 Å². The van der Waals surface area contributed by atoms with E-state index in [9.17, 15) is 0 Å². The summed E-state index contributed by atoms with van der Waals surface area (Å²) in [4.78, 5) is 4.62. The number of hydrogen-bond donors (Lipinski definition) is 0. The lowest BCUT2D eigenvalue weighted by molar-refractivity contribution is 0.580. The van der Waals surface area contributed by atoms with Gasteiger partial charge in [0.15, 0.2) is 10.8 Å². The molecule has 0 aliphatic rings. The van der Waals surface area contributed by atoms with Crippen molar-refractivity contribution in [2.75, 3.05) is 0 Å². The summed E-state index contributed by atoms with van der Waals surface area (Å²) >= 11 is 5.04. The molecular weight excluding hydrogens is 310 g/mol. The number of hydrogen-bond acceptors (Lipinski definition) is 3. The number of nitrogens with zero attached hydrogens (tertiary/aromatic N) is 1. The van der Waals surface area contributed by atoms with Gasteiger partial charge < -0.3 is 4.42 Å². The zero-order chi connectivity index (χ0) is 12.5. The molecule has 90 valence electrons. The average molecular weight is 320 g/mol. The van der Waals surface area contributed by atoms with Crippen LogP contribution in [0.25, 0.3) is 22.0 Å². The fourth-order valence-corrected chi connectivity index (χ4v) is 2.87. The number of aromatic nitrogens is 1. The smallest absolute Gasteiger partial charge is 0.165 e. The van der Waals surface area contributed by atoms with Gasteiger partial charge in [0.2, 0.25) is 0 Å². The largest absolute Gasteiger partial charge is 0.462 e. The molecule has 2 nitrogen and oxygen atoms in total. The van der Waals surface area contributed by atoms with Crippen molar-refractivity contribution >= 4 is 27.3 Å². The molecule has 3 rings (SSSR count). The van der Waals surface area contributed by atoms with E-state index in [-0.39, 0.29) is 0 Å². The molecule has 0 radical (unpaired) electrons. The van der Waals surface area contributed by atoms with Gasteiger partial charge in [-0.2, -0.15) is 0 Å². The lowest BCUT2D eigenvalue weighted by atomic mass is 10.2. The number of thiazole rings is 1. The second-order valence-corrected chi connectivity index (χ2v) is 5.75. The Kier molecular flexibility index (Phi) is 3.06. The molecule has 0 amide bonds. The number of halogens is 1. The molecule has 0 fully saturated rings. The first kappa shape index (κ1) is 11.7. The molecule has 1 aromatic carbocycles. The number of aryl methyl sites for hydroxylation is 1. The van der Waals surface area contributed by atoms with Gasteiger partial charge in [-0.05, 0) is 30.7 Å². The van der Waals surface area contributed by atoms with Gasteiger partial charge in [-0.3, -0.25) is 0 Å². The number of rotatable bonds is 2. The third-order valence-corrected chi connectivity index (χ3v) is 4.07. The van der Waals surface area contributed by atoms with Crippen molar-refractivity contribution < 1.29 is 4.42 Å².